The van der Waals surface area contributed by atoms with Gasteiger partial charge in [0, 0.05) is 29.1 Å². The second-order valence-corrected chi connectivity index (χ2v) is 9.77. The molecular weight excluding hydrogens is 496 g/mol. The van der Waals surface area contributed by atoms with Crippen LogP contribution in [0.1, 0.15) is 12.5 Å². The highest BCUT2D eigenvalue weighted by molar-refractivity contribution is 7.89. The number of hydrogen-bond acceptors (Lipinski definition) is 5. The molecule has 3 N–H and O–H groups in total. The second kappa shape index (κ2) is 9.32. The molecule has 4 aromatic rings. The van der Waals surface area contributed by atoms with E-state index in [-0.39, 0.29) is 28.2 Å². The van der Waals surface area contributed by atoms with Crippen LogP contribution >= 0.6 is 0 Å². The SMILES string of the molecule is CC(NS(=O)(=O)c1ccccc1-c1ccc(-c2cnc(N)nc2)c(F)c1)(c1ccccc1)C(F)(F)F. The largest absolute Gasteiger partial charge is 0.411 e. The van der Waals surface area contributed by atoms with Crippen molar-refractivity contribution < 1.29 is 26.0 Å². The number of nitrogens with one attached hydrogen (secondary N) is 1. The number of nitrogens with zero attached hydrogens (tertiary/aromatic N) is 2. The van der Waals surface area contributed by atoms with Gasteiger partial charge in [-0.3, -0.25) is 0 Å². The summed E-state index contributed by atoms with van der Waals surface area (Å²) in [6, 6.07) is 16.1. The van der Waals surface area contributed by atoms with Crippen molar-refractivity contribution >= 4 is 16.0 Å². The summed E-state index contributed by atoms with van der Waals surface area (Å²) in [5.74, 6) is -0.686. The summed E-state index contributed by atoms with van der Waals surface area (Å²) in [7, 11) is -4.73. The molecule has 3 aromatic carbocycles. The topological polar surface area (TPSA) is 98.0 Å². The van der Waals surface area contributed by atoms with Crippen molar-refractivity contribution in [2.75, 3.05) is 5.73 Å². The minimum atomic E-state index is -4.95. The molecule has 1 heterocycles. The van der Waals surface area contributed by atoms with Crippen LogP contribution < -0.4 is 10.5 Å². The molecule has 0 saturated heterocycles. The first-order valence-corrected chi connectivity index (χ1v) is 12.0. The van der Waals surface area contributed by atoms with Crippen LogP contribution in [0.25, 0.3) is 22.3 Å². The fraction of sp³-hybridized carbons (Fsp3) is 0.120. The predicted molar refractivity (Wildman–Crippen MR) is 127 cm³/mol. The van der Waals surface area contributed by atoms with E-state index in [1.165, 1.54) is 79.1 Å². The minimum Gasteiger partial charge on any atom is -0.368 e. The predicted octanol–water partition coefficient (Wildman–Crippen LogP) is 5.29. The Morgan fingerprint density at radius 2 is 1.44 bits per heavy atom. The van der Waals surface area contributed by atoms with Crippen molar-refractivity contribution in [1.29, 1.82) is 0 Å². The zero-order valence-corrected chi connectivity index (χ0v) is 19.6. The molecule has 1 atom stereocenters. The van der Waals surface area contributed by atoms with Gasteiger partial charge in [-0.05, 0) is 30.2 Å². The number of rotatable bonds is 6. The average Bonchev–Trinajstić information content (AvgIpc) is 2.84. The van der Waals surface area contributed by atoms with Crippen LogP contribution in [0.4, 0.5) is 23.5 Å². The van der Waals surface area contributed by atoms with E-state index in [4.69, 9.17) is 5.73 Å². The summed E-state index contributed by atoms with van der Waals surface area (Å²) in [6.45, 7) is 0.756. The molecule has 0 saturated carbocycles. The van der Waals surface area contributed by atoms with Gasteiger partial charge in [0.15, 0.2) is 5.54 Å². The normalized spacial score (nSPS) is 13.8. The van der Waals surface area contributed by atoms with Crippen molar-refractivity contribution in [1.82, 2.24) is 14.7 Å². The van der Waals surface area contributed by atoms with E-state index in [9.17, 15) is 26.0 Å². The van der Waals surface area contributed by atoms with E-state index >= 15 is 0 Å². The Morgan fingerprint density at radius 1 is 0.833 bits per heavy atom. The summed E-state index contributed by atoms with van der Waals surface area (Å²) in [4.78, 5) is 7.21. The van der Waals surface area contributed by atoms with Crippen LogP contribution in [0.3, 0.4) is 0 Å². The molecule has 36 heavy (non-hydrogen) atoms. The quantitative estimate of drug-likeness (QED) is 0.340. The van der Waals surface area contributed by atoms with Gasteiger partial charge in [0.25, 0.3) is 0 Å². The number of anilines is 1. The van der Waals surface area contributed by atoms with E-state index in [0.29, 0.717) is 5.56 Å². The van der Waals surface area contributed by atoms with Crippen molar-refractivity contribution in [3.05, 3.63) is 96.6 Å². The zero-order valence-electron chi connectivity index (χ0n) is 18.8. The number of halogens is 4. The maximum Gasteiger partial charge on any atom is 0.411 e. The van der Waals surface area contributed by atoms with Crippen LogP contribution in [0.15, 0.2) is 90.1 Å². The fourth-order valence-electron chi connectivity index (χ4n) is 3.71. The standard InChI is InChI=1S/C25H20F4N4O2S/c1-24(25(27,28)29,18-7-3-2-4-8-18)33-36(34,35)22-10-6-5-9-20(22)16-11-12-19(21(26)13-16)17-14-31-23(30)32-15-17/h2-15,33H,1H3,(H2,30,31,32). The first kappa shape index (κ1) is 25.3. The number of hydrogen-bond donors (Lipinski definition) is 2. The molecule has 11 heteroatoms. The van der Waals surface area contributed by atoms with E-state index in [0.717, 1.165) is 13.0 Å². The Hall–Kier alpha value is -3.83. The second-order valence-electron chi connectivity index (χ2n) is 8.12. The van der Waals surface area contributed by atoms with Gasteiger partial charge in [0.1, 0.15) is 5.82 Å². The van der Waals surface area contributed by atoms with Crippen molar-refractivity contribution in [3.8, 4) is 22.3 Å². The van der Waals surface area contributed by atoms with Crippen LogP contribution in [0.5, 0.6) is 0 Å². The number of alkyl halides is 3. The van der Waals surface area contributed by atoms with Gasteiger partial charge in [-0.15, -0.1) is 0 Å². The third-order valence-corrected chi connectivity index (χ3v) is 7.31. The minimum absolute atomic E-state index is 0.0174. The monoisotopic (exact) mass is 516 g/mol. The highest BCUT2D eigenvalue weighted by Gasteiger charge is 2.54. The number of nitrogen functional groups attached to an aromatic ring is 1. The third kappa shape index (κ3) is 4.79. The van der Waals surface area contributed by atoms with Gasteiger partial charge in [-0.1, -0.05) is 60.7 Å². The van der Waals surface area contributed by atoms with Gasteiger partial charge in [0.2, 0.25) is 16.0 Å². The molecule has 0 bridgehead atoms. The maximum absolute atomic E-state index is 15.0. The smallest absolute Gasteiger partial charge is 0.368 e. The van der Waals surface area contributed by atoms with E-state index in [2.05, 4.69) is 9.97 Å². The highest BCUT2D eigenvalue weighted by Crippen LogP contribution is 2.40. The third-order valence-electron chi connectivity index (χ3n) is 5.70. The maximum atomic E-state index is 15.0. The Morgan fingerprint density at radius 3 is 2.06 bits per heavy atom. The zero-order chi connectivity index (χ0) is 26.1. The van der Waals surface area contributed by atoms with E-state index < -0.39 is 32.5 Å². The molecule has 186 valence electrons. The molecule has 0 spiro atoms. The number of sulfonamides is 1. The Balaban J connectivity index is 1.77. The lowest BCUT2D eigenvalue weighted by molar-refractivity contribution is -0.189. The molecule has 6 nitrogen and oxygen atoms in total. The molecule has 4 rings (SSSR count). The lowest BCUT2D eigenvalue weighted by Crippen LogP contribution is -2.53. The molecule has 0 aliphatic heterocycles. The molecule has 1 aromatic heterocycles. The Bertz CT molecular complexity index is 1490. The Labute approximate surface area is 204 Å². The average molecular weight is 517 g/mol. The first-order chi connectivity index (χ1) is 16.9. The van der Waals surface area contributed by atoms with Gasteiger partial charge in [-0.25, -0.2) is 22.8 Å². The van der Waals surface area contributed by atoms with Crippen molar-refractivity contribution in [3.63, 3.8) is 0 Å². The van der Waals surface area contributed by atoms with Gasteiger partial charge in [-0.2, -0.15) is 17.9 Å². The number of benzene rings is 3. The molecule has 0 fully saturated rings. The van der Waals surface area contributed by atoms with Gasteiger partial charge in [0.05, 0.1) is 4.90 Å². The molecule has 0 aliphatic rings. The van der Waals surface area contributed by atoms with Crippen LogP contribution in [0.2, 0.25) is 0 Å². The van der Waals surface area contributed by atoms with Gasteiger partial charge < -0.3 is 5.73 Å². The molecule has 0 aliphatic carbocycles. The summed E-state index contributed by atoms with van der Waals surface area (Å²) in [5, 5.41) is 0. The van der Waals surface area contributed by atoms with Crippen molar-refractivity contribution in [2.45, 2.75) is 23.5 Å². The van der Waals surface area contributed by atoms with Crippen LogP contribution in [0, 0.1) is 5.82 Å². The van der Waals surface area contributed by atoms with Gasteiger partial charge >= 0.3 is 6.18 Å². The molecule has 0 amide bonds. The number of nitrogens with two attached hydrogens (primary N) is 1. The fourth-order valence-corrected chi connectivity index (χ4v) is 5.32. The molecular formula is C25H20F4N4O2S. The first-order valence-electron chi connectivity index (χ1n) is 10.6. The lowest BCUT2D eigenvalue weighted by atomic mass is 9.93. The van der Waals surface area contributed by atoms with Crippen molar-refractivity contribution in [2.24, 2.45) is 0 Å². The summed E-state index contributed by atoms with van der Waals surface area (Å²) in [5.41, 5.74) is 2.94. The van der Waals surface area contributed by atoms with E-state index in [1.807, 2.05) is 4.72 Å². The lowest BCUT2D eigenvalue weighted by Gasteiger charge is -2.33. The van der Waals surface area contributed by atoms with Crippen LogP contribution in [-0.4, -0.2) is 24.6 Å². The summed E-state index contributed by atoms with van der Waals surface area (Å²) < 4.78 is 85.9. The molecule has 1 unspecified atom stereocenters. The van der Waals surface area contributed by atoms with E-state index in [1.54, 1.807) is 0 Å². The summed E-state index contributed by atoms with van der Waals surface area (Å²) in [6.07, 6.45) is -2.28. The Kier molecular flexibility index (Phi) is 6.54. The highest BCUT2D eigenvalue weighted by atomic mass is 32.2. The summed E-state index contributed by atoms with van der Waals surface area (Å²) >= 11 is 0. The number of aromatic nitrogens is 2. The van der Waals surface area contributed by atoms with Crippen LogP contribution in [-0.2, 0) is 15.6 Å². The molecule has 0 radical (unpaired) electrons.